The van der Waals surface area contributed by atoms with E-state index in [0.29, 0.717) is 11.3 Å². The molecule has 2 aromatic carbocycles. The number of rotatable bonds is 6. The molecule has 1 aromatic heterocycles. The van der Waals surface area contributed by atoms with Crippen molar-refractivity contribution in [2.75, 3.05) is 0 Å². The van der Waals surface area contributed by atoms with Crippen LogP contribution < -0.4 is 5.43 Å². The number of nitro benzene ring substituents is 1. The van der Waals surface area contributed by atoms with Gasteiger partial charge in [-0.15, -0.1) is 0 Å². The summed E-state index contributed by atoms with van der Waals surface area (Å²) in [5, 5.41) is 15.0. The zero-order valence-corrected chi connectivity index (χ0v) is 14.3. The normalized spacial score (nSPS) is 11.0. The Labute approximate surface area is 155 Å². The maximum Gasteiger partial charge on any atom is 0.269 e. The van der Waals surface area contributed by atoms with Gasteiger partial charge in [0.15, 0.2) is 0 Å². The van der Waals surface area contributed by atoms with Gasteiger partial charge in [0.25, 0.3) is 5.69 Å². The van der Waals surface area contributed by atoms with Crippen LogP contribution in [0.2, 0.25) is 0 Å². The Morgan fingerprint density at radius 1 is 0.963 bits per heavy atom. The van der Waals surface area contributed by atoms with E-state index in [1.54, 1.807) is 24.5 Å². The number of hydrogen-bond donors (Lipinski definition) is 1. The molecule has 0 radical (unpaired) electrons. The molecule has 0 aliphatic carbocycles. The maximum atomic E-state index is 12.2. The smallest absolute Gasteiger partial charge is 0.269 e. The van der Waals surface area contributed by atoms with E-state index >= 15 is 0 Å². The van der Waals surface area contributed by atoms with Gasteiger partial charge in [-0.1, -0.05) is 42.5 Å². The third-order valence-electron chi connectivity index (χ3n) is 3.81. The fourth-order valence-electron chi connectivity index (χ4n) is 2.48. The molecule has 134 valence electrons. The number of hydrogen-bond acceptors (Lipinski definition) is 5. The van der Waals surface area contributed by atoms with Crippen molar-refractivity contribution in [2.24, 2.45) is 5.10 Å². The van der Waals surface area contributed by atoms with Crippen LogP contribution in [0.3, 0.4) is 0 Å². The van der Waals surface area contributed by atoms with Gasteiger partial charge in [0.1, 0.15) is 0 Å². The number of carbonyl (C=O) groups excluding carboxylic acids is 1. The Morgan fingerprint density at radius 3 is 2.22 bits per heavy atom. The molecule has 0 bridgehead atoms. The number of benzene rings is 2. The summed E-state index contributed by atoms with van der Waals surface area (Å²) in [6.45, 7) is 0. The van der Waals surface area contributed by atoms with Crippen molar-refractivity contribution in [1.29, 1.82) is 0 Å². The van der Waals surface area contributed by atoms with Crippen LogP contribution in [-0.4, -0.2) is 21.5 Å². The van der Waals surface area contributed by atoms with Crippen LogP contribution >= 0.6 is 0 Å². The van der Waals surface area contributed by atoms with E-state index in [1.807, 2.05) is 42.5 Å². The number of hydrazone groups is 1. The molecule has 0 spiro atoms. The standard InChI is InChI=1S/C20H16N4O3/c25-19(14-15-6-8-18(9-7-15)24(26)27)22-23-20(16-4-2-1-3-5-16)17-10-12-21-13-11-17/h1-13H,14H2,(H,22,25). The van der Waals surface area contributed by atoms with Gasteiger partial charge in [0.05, 0.1) is 17.1 Å². The first-order valence-corrected chi connectivity index (χ1v) is 8.19. The van der Waals surface area contributed by atoms with Crippen LogP contribution in [-0.2, 0) is 11.2 Å². The summed E-state index contributed by atoms with van der Waals surface area (Å²) in [6, 6.07) is 19.0. The van der Waals surface area contributed by atoms with Crippen LogP contribution in [0.5, 0.6) is 0 Å². The van der Waals surface area contributed by atoms with E-state index in [0.717, 1.165) is 11.1 Å². The minimum absolute atomic E-state index is 0.0128. The summed E-state index contributed by atoms with van der Waals surface area (Å²) in [5.74, 6) is -0.314. The van der Waals surface area contributed by atoms with Gasteiger partial charge < -0.3 is 0 Å². The Morgan fingerprint density at radius 2 is 1.59 bits per heavy atom. The molecule has 7 heteroatoms. The van der Waals surface area contributed by atoms with E-state index in [9.17, 15) is 14.9 Å². The monoisotopic (exact) mass is 360 g/mol. The third-order valence-corrected chi connectivity index (χ3v) is 3.81. The Balaban J connectivity index is 1.76. The molecule has 3 aromatic rings. The highest BCUT2D eigenvalue weighted by molar-refractivity contribution is 6.13. The van der Waals surface area contributed by atoms with Crippen molar-refractivity contribution in [3.05, 3.63) is 106 Å². The van der Waals surface area contributed by atoms with Gasteiger partial charge in [-0.2, -0.15) is 5.10 Å². The second-order valence-corrected chi connectivity index (χ2v) is 5.70. The van der Waals surface area contributed by atoms with Gasteiger partial charge in [0.2, 0.25) is 5.91 Å². The average molecular weight is 360 g/mol. The van der Waals surface area contributed by atoms with E-state index < -0.39 is 4.92 Å². The fourth-order valence-corrected chi connectivity index (χ4v) is 2.48. The van der Waals surface area contributed by atoms with Crippen molar-refractivity contribution < 1.29 is 9.72 Å². The van der Waals surface area contributed by atoms with Crippen LogP contribution in [0.4, 0.5) is 5.69 Å². The lowest BCUT2D eigenvalue weighted by molar-refractivity contribution is -0.384. The summed E-state index contributed by atoms with van der Waals surface area (Å²) in [7, 11) is 0. The van der Waals surface area contributed by atoms with Crippen molar-refractivity contribution in [3.8, 4) is 0 Å². The van der Waals surface area contributed by atoms with Crippen LogP contribution in [0.15, 0.2) is 84.2 Å². The molecular formula is C20H16N4O3. The number of nitrogens with one attached hydrogen (secondary N) is 1. The molecule has 0 atom stereocenters. The zero-order chi connectivity index (χ0) is 19.1. The van der Waals surface area contributed by atoms with E-state index in [-0.39, 0.29) is 18.0 Å². The van der Waals surface area contributed by atoms with Gasteiger partial charge in [-0.25, -0.2) is 5.43 Å². The third kappa shape index (κ3) is 4.82. The molecule has 0 aliphatic heterocycles. The molecule has 0 aliphatic rings. The average Bonchev–Trinajstić information content (AvgIpc) is 2.70. The number of nitro groups is 1. The lowest BCUT2D eigenvalue weighted by atomic mass is 10.0. The molecule has 1 heterocycles. The molecule has 3 rings (SSSR count). The second kappa shape index (κ2) is 8.48. The quantitative estimate of drug-likeness (QED) is 0.415. The number of aromatic nitrogens is 1. The predicted octanol–water partition coefficient (Wildman–Crippen LogP) is 3.10. The van der Waals surface area contributed by atoms with E-state index in [2.05, 4.69) is 15.5 Å². The van der Waals surface area contributed by atoms with Crippen LogP contribution in [0, 0.1) is 10.1 Å². The minimum atomic E-state index is -0.477. The predicted molar refractivity (Wildman–Crippen MR) is 101 cm³/mol. The lowest BCUT2D eigenvalue weighted by Crippen LogP contribution is -2.22. The largest absolute Gasteiger partial charge is 0.273 e. The van der Waals surface area contributed by atoms with Gasteiger partial charge in [-0.3, -0.25) is 19.9 Å². The van der Waals surface area contributed by atoms with Crippen molar-refractivity contribution in [3.63, 3.8) is 0 Å². The summed E-state index contributed by atoms with van der Waals surface area (Å²) >= 11 is 0. The Hall–Kier alpha value is -3.87. The highest BCUT2D eigenvalue weighted by atomic mass is 16.6. The Kier molecular flexibility index (Phi) is 5.64. The first-order chi connectivity index (χ1) is 13.1. The molecule has 27 heavy (non-hydrogen) atoms. The van der Waals surface area contributed by atoms with Crippen molar-refractivity contribution >= 4 is 17.3 Å². The van der Waals surface area contributed by atoms with Crippen LogP contribution in [0.25, 0.3) is 0 Å². The van der Waals surface area contributed by atoms with Gasteiger partial charge in [-0.05, 0) is 17.7 Å². The zero-order valence-electron chi connectivity index (χ0n) is 14.3. The molecule has 1 amide bonds. The lowest BCUT2D eigenvalue weighted by Gasteiger charge is -2.08. The summed E-state index contributed by atoms with van der Waals surface area (Å²) in [6.07, 6.45) is 3.39. The summed E-state index contributed by atoms with van der Waals surface area (Å²) in [5.41, 5.74) is 5.52. The SMILES string of the molecule is O=C(Cc1ccc([N+](=O)[O-])cc1)NN=C(c1ccccc1)c1ccncc1. The fraction of sp³-hybridized carbons (Fsp3) is 0.0500. The number of nitrogens with zero attached hydrogens (tertiary/aromatic N) is 3. The highest BCUT2D eigenvalue weighted by Crippen LogP contribution is 2.13. The van der Waals surface area contributed by atoms with Gasteiger partial charge >= 0.3 is 0 Å². The minimum Gasteiger partial charge on any atom is -0.273 e. The number of non-ortho nitro benzene ring substituents is 1. The van der Waals surface area contributed by atoms with E-state index in [4.69, 9.17) is 0 Å². The van der Waals surface area contributed by atoms with E-state index in [1.165, 1.54) is 12.1 Å². The topological polar surface area (TPSA) is 97.5 Å². The highest BCUT2D eigenvalue weighted by Gasteiger charge is 2.10. The van der Waals surface area contributed by atoms with Crippen LogP contribution in [0.1, 0.15) is 16.7 Å². The molecular weight excluding hydrogens is 344 g/mol. The summed E-state index contributed by atoms with van der Waals surface area (Å²) in [4.78, 5) is 26.4. The first-order valence-electron chi connectivity index (χ1n) is 8.19. The van der Waals surface area contributed by atoms with Crippen molar-refractivity contribution in [2.45, 2.75) is 6.42 Å². The van der Waals surface area contributed by atoms with Gasteiger partial charge in [0, 0.05) is 35.7 Å². The Bertz CT molecular complexity index is 914. The molecule has 1 N–H and O–H groups in total. The number of carbonyl (C=O) groups is 1. The molecule has 0 saturated heterocycles. The molecule has 0 unspecified atom stereocenters. The first kappa shape index (κ1) is 17.9. The number of amides is 1. The van der Waals surface area contributed by atoms with Crippen molar-refractivity contribution in [1.82, 2.24) is 10.4 Å². The molecule has 0 saturated carbocycles. The summed E-state index contributed by atoms with van der Waals surface area (Å²) < 4.78 is 0. The molecule has 0 fully saturated rings. The molecule has 7 nitrogen and oxygen atoms in total. The second-order valence-electron chi connectivity index (χ2n) is 5.70. The maximum absolute atomic E-state index is 12.2. The number of pyridine rings is 1.